The molecule has 2 N–H and O–H groups in total. The molecule has 2 rings (SSSR count). The van der Waals surface area contributed by atoms with Crippen LogP contribution in [0.2, 0.25) is 0 Å². The molecule has 0 unspecified atom stereocenters. The summed E-state index contributed by atoms with van der Waals surface area (Å²) in [6, 6.07) is 22.4. The molecule has 0 amide bonds. The van der Waals surface area contributed by atoms with Crippen LogP contribution >= 0.6 is 46.4 Å². The predicted octanol–water partition coefficient (Wildman–Crippen LogP) is 5.91. The summed E-state index contributed by atoms with van der Waals surface area (Å²) in [4.78, 5) is 0. The molecule has 26 heavy (non-hydrogen) atoms. The van der Waals surface area contributed by atoms with Crippen LogP contribution < -0.4 is 10.6 Å². The molecule has 0 saturated heterocycles. The molecule has 4 atom stereocenters. The van der Waals surface area contributed by atoms with Gasteiger partial charge in [-0.15, -0.1) is 24.8 Å². The Hall–Kier alpha value is -0.360. The van der Waals surface area contributed by atoms with Crippen LogP contribution in [0.3, 0.4) is 0 Å². The summed E-state index contributed by atoms with van der Waals surface area (Å²) in [7, 11) is 8.01. The van der Waals surface area contributed by atoms with Gasteiger partial charge in [0.1, 0.15) is 0 Å². The molecule has 0 aromatic heterocycles. The second kappa shape index (κ2) is 13.8. The molecule has 0 saturated carbocycles. The van der Waals surface area contributed by atoms with Gasteiger partial charge in [0, 0.05) is 12.1 Å². The van der Waals surface area contributed by atoms with Crippen molar-refractivity contribution in [3.63, 3.8) is 0 Å². The highest BCUT2D eigenvalue weighted by Gasteiger charge is 2.24. The van der Waals surface area contributed by atoms with Crippen LogP contribution in [0.15, 0.2) is 60.7 Å². The van der Waals surface area contributed by atoms with E-state index in [4.69, 9.17) is 0 Å². The minimum Gasteiger partial charge on any atom is -0.316 e. The molecule has 0 aliphatic rings. The lowest BCUT2D eigenvalue weighted by molar-refractivity contribution is 0.596. The van der Waals surface area contributed by atoms with Crippen molar-refractivity contribution >= 4 is 46.4 Å². The number of likely N-dealkylation sites (N-methyl/N-ethyl adjacent to an activating group) is 2. The zero-order valence-electron chi connectivity index (χ0n) is 15.7. The molecule has 0 radical (unpaired) electrons. The largest absolute Gasteiger partial charge is 0.316 e. The second-order valence-corrected chi connectivity index (χ2v) is 8.57. The van der Waals surface area contributed by atoms with E-state index in [9.17, 15) is 0 Å². The second-order valence-electron chi connectivity index (χ2n) is 6.01. The molecule has 2 nitrogen and oxygen atoms in total. The van der Waals surface area contributed by atoms with E-state index in [2.05, 4.69) is 85.1 Å². The number of halogens is 2. The van der Waals surface area contributed by atoms with Crippen molar-refractivity contribution in [3.8, 4) is 0 Å². The molecule has 2 aromatic carbocycles. The maximum Gasteiger partial charge on any atom is 0.0551 e. The first-order valence-electron chi connectivity index (χ1n) is 8.44. The van der Waals surface area contributed by atoms with E-state index >= 15 is 0 Å². The van der Waals surface area contributed by atoms with E-state index < -0.39 is 0 Å². The molecule has 146 valence electrons. The number of hydrogen-bond acceptors (Lipinski definition) is 4. The van der Waals surface area contributed by atoms with Gasteiger partial charge in [0.05, 0.1) is 10.5 Å². The lowest BCUT2D eigenvalue weighted by Gasteiger charge is -2.28. The van der Waals surface area contributed by atoms with Gasteiger partial charge >= 0.3 is 0 Å². The molecule has 0 aliphatic heterocycles. The summed E-state index contributed by atoms with van der Waals surface area (Å²) < 4.78 is 0. The fraction of sp³-hybridized carbons (Fsp3) is 0.400. The number of hydrogen-bond donors (Lipinski definition) is 2. The quantitative estimate of drug-likeness (QED) is 0.480. The van der Waals surface area contributed by atoms with Gasteiger partial charge in [-0.1, -0.05) is 82.3 Å². The average Bonchev–Trinajstić information content (AvgIpc) is 2.65. The first-order valence-corrected chi connectivity index (χ1v) is 10.7. The lowest BCUT2D eigenvalue weighted by atomic mass is 10.1. The van der Waals surface area contributed by atoms with E-state index in [0.717, 1.165) is 0 Å². The fourth-order valence-corrected chi connectivity index (χ4v) is 6.33. The van der Waals surface area contributed by atoms with Gasteiger partial charge in [0.25, 0.3) is 0 Å². The van der Waals surface area contributed by atoms with Crippen molar-refractivity contribution in [3.05, 3.63) is 71.8 Å². The van der Waals surface area contributed by atoms with Crippen LogP contribution in [-0.2, 0) is 0 Å². The van der Waals surface area contributed by atoms with Crippen LogP contribution in [0, 0.1) is 0 Å². The molecular weight excluding hydrogens is 403 g/mol. The Morgan fingerprint density at radius 2 is 0.923 bits per heavy atom. The van der Waals surface area contributed by atoms with Gasteiger partial charge in [-0.3, -0.25) is 0 Å². The van der Waals surface area contributed by atoms with Crippen LogP contribution in [0.25, 0.3) is 0 Å². The van der Waals surface area contributed by atoms with E-state index in [-0.39, 0.29) is 24.8 Å². The first kappa shape index (κ1) is 25.6. The van der Waals surface area contributed by atoms with Gasteiger partial charge in [0.2, 0.25) is 0 Å². The molecule has 0 bridgehead atoms. The number of nitrogens with one attached hydrogen (secondary N) is 2. The Morgan fingerprint density at radius 3 is 1.19 bits per heavy atom. The van der Waals surface area contributed by atoms with Crippen molar-refractivity contribution in [2.75, 3.05) is 14.1 Å². The van der Waals surface area contributed by atoms with Crippen molar-refractivity contribution in [2.45, 2.75) is 36.4 Å². The molecule has 0 heterocycles. The number of benzene rings is 2. The fourth-order valence-electron chi connectivity index (χ4n) is 2.56. The average molecular weight is 434 g/mol. The summed E-state index contributed by atoms with van der Waals surface area (Å²) in [5.41, 5.74) is 2.75. The zero-order chi connectivity index (χ0) is 17.4. The molecule has 0 fully saturated rings. The highest BCUT2D eigenvalue weighted by Crippen LogP contribution is 2.48. The van der Waals surface area contributed by atoms with E-state index in [1.54, 1.807) is 0 Å². The Morgan fingerprint density at radius 1 is 0.615 bits per heavy atom. The standard InChI is InChI=1S/C20H28N2S2.2ClH/c1-15(21-3)19(17-11-7-5-8-12-17)23-24-20(16(2)22-4)18-13-9-6-10-14-18;;/h5-16,19-22H,1-4H3;2*1H/t15-,16-,19-,20-;;/m0../s1. The monoisotopic (exact) mass is 432 g/mol. The minimum absolute atomic E-state index is 0. The molecular formula is C20H30Cl2N2S2. The van der Waals surface area contributed by atoms with Crippen LogP contribution in [0.5, 0.6) is 0 Å². The normalized spacial score (nSPS) is 15.1. The third-order valence-electron chi connectivity index (χ3n) is 4.34. The topological polar surface area (TPSA) is 24.1 Å². The number of rotatable bonds is 9. The Kier molecular flexibility index (Phi) is 13.6. The maximum atomic E-state index is 3.42. The van der Waals surface area contributed by atoms with Gasteiger partial charge in [-0.05, 0) is 39.1 Å². The smallest absolute Gasteiger partial charge is 0.0551 e. The SMILES string of the molecule is CN[C@@H](C)[C@H](SS[C@H](c1ccccc1)[C@H](C)NC)c1ccccc1.Cl.Cl. The summed E-state index contributed by atoms with van der Waals surface area (Å²) in [6.07, 6.45) is 0. The third kappa shape index (κ3) is 7.34. The Balaban J connectivity index is 0.00000312. The highest BCUT2D eigenvalue weighted by molar-refractivity contribution is 8.76. The summed E-state index contributed by atoms with van der Waals surface area (Å²) in [5.74, 6) is 0. The van der Waals surface area contributed by atoms with Crippen molar-refractivity contribution < 1.29 is 0 Å². The van der Waals surface area contributed by atoms with Crippen molar-refractivity contribution in [1.29, 1.82) is 0 Å². The lowest BCUT2D eigenvalue weighted by Crippen LogP contribution is -2.28. The van der Waals surface area contributed by atoms with E-state index in [0.29, 0.717) is 22.6 Å². The molecule has 6 heteroatoms. The van der Waals surface area contributed by atoms with Gasteiger partial charge in [0.15, 0.2) is 0 Å². The predicted molar refractivity (Wildman–Crippen MR) is 125 cm³/mol. The summed E-state index contributed by atoms with van der Waals surface area (Å²) in [6.45, 7) is 4.51. The van der Waals surface area contributed by atoms with E-state index in [1.807, 2.05) is 35.7 Å². The Bertz CT molecular complexity index is 533. The highest BCUT2D eigenvalue weighted by atomic mass is 35.5. The zero-order valence-corrected chi connectivity index (χ0v) is 19.0. The maximum absolute atomic E-state index is 3.42. The van der Waals surface area contributed by atoms with Crippen LogP contribution in [0.1, 0.15) is 35.5 Å². The van der Waals surface area contributed by atoms with Crippen molar-refractivity contribution in [1.82, 2.24) is 10.6 Å². The van der Waals surface area contributed by atoms with E-state index in [1.165, 1.54) is 11.1 Å². The van der Waals surface area contributed by atoms with Crippen LogP contribution in [0.4, 0.5) is 0 Å². The van der Waals surface area contributed by atoms with Crippen LogP contribution in [-0.4, -0.2) is 26.2 Å². The molecule has 0 spiro atoms. The molecule has 2 aromatic rings. The Labute approximate surface area is 178 Å². The third-order valence-corrected chi connectivity index (χ3v) is 7.80. The van der Waals surface area contributed by atoms with Crippen molar-refractivity contribution in [2.24, 2.45) is 0 Å². The van der Waals surface area contributed by atoms with Gasteiger partial charge in [-0.2, -0.15) is 0 Å². The van der Waals surface area contributed by atoms with Gasteiger partial charge in [-0.25, -0.2) is 0 Å². The summed E-state index contributed by atoms with van der Waals surface area (Å²) >= 11 is 0. The first-order chi connectivity index (χ1) is 11.7. The summed E-state index contributed by atoms with van der Waals surface area (Å²) in [5, 5.41) is 7.67. The van der Waals surface area contributed by atoms with Gasteiger partial charge < -0.3 is 10.6 Å². The minimum atomic E-state index is 0. The molecule has 0 aliphatic carbocycles.